The SMILES string of the molecule is CN[C@@H]1CCN(c2ncc(Oc3cc(CN4CCC(CC(=O)OC)CC4)cc(-c4cc(Cl)cc(Cl)c4)n3)cn2)C1. The van der Waals surface area contributed by atoms with Crippen LogP contribution in [-0.4, -0.2) is 72.2 Å². The first-order valence-corrected chi connectivity index (χ1v) is 14.3. The van der Waals surface area contributed by atoms with Gasteiger partial charge in [0.15, 0.2) is 5.75 Å². The number of halogens is 2. The van der Waals surface area contributed by atoms with Gasteiger partial charge in [-0.2, -0.15) is 0 Å². The number of nitrogens with zero attached hydrogens (tertiary/aromatic N) is 5. The number of piperidine rings is 1. The maximum Gasteiger partial charge on any atom is 0.305 e. The lowest BCUT2D eigenvalue weighted by Crippen LogP contribution is -2.34. The van der Waals surface area contributed by atoms with Crippen LogP contribution in [0.5, 0.6) is 11.6 Å². The van der Waals surface area contributed by atoms with Crippen molar-refractivity contribution in [2.45, 2.75) is 38.3 Å². The summed E-state index contributed by atoms with van der Waals surface area (Å²) in [6, 6.07) is 9.82. The molecule has 0 bridgehead atoms. The van der Waals surface area contributed by atoms with Gasteiger partial charge in [0.1, 0.15) is 0 Å². The number of hydrogen-bond donors (Lipinski definition) is 1. The molecule has 0 aliphatic carbocycles. The fourth-order valence-electron chi connectivity index (χ4n) is 5.30. The van der Waals surface area contributed by atoms with Crippen LogP contribution in [0.2, 0.25) is 10.0 Å². The van der Waals surface area contributed by atoms with E-state index >= 15 is 0 Å². The number of ether oxygens (including phenoxy) is 2. The zero-order valence-electron chi connectivity index (χ0n) is 22.8. The van der Waals surface area contributed by atoms with Crippen LogP contribution in [0.15, 0.2) is 42.7 Å². The van der Waals surface area contributed by atoms with Crippen LogP contribution in [-0.2, 0) is 16.1 Å². The molecular weight excluding hydrogens is 551 g/mol. The minimum absolute atomic E-state index is 0.140. The smallest absolute Gasteiger partial charge is 0.305 e. The van der Waals surface area contributed by atoms with Gasteiger partial charge in [0, 0.05) is 53.8 Å². The molecule has 2 saturated heterocycles. The fraction of sp³-hybridized carbons (Fsp3) is 0.448. The molecule has 11 heteroatoms. The van der Waals surface area contributed by atoms with Gasteiger partial charge < -0.3 is 19.7 Å². The van der Waals surface area contributed by atoms with Gasteiger partial charge in [-0.05, 0) is 75.1 Å². The van der Waals surface area contributed by atoms with Crippen molar-refractivity contribution in [1.29, 1.82) is 0 Å². The minimum atomic E-state index is -0.140. The van der Waals surface area contributed by atoms with Gasteiger partial charge in [-0.1, -0.05) is 23.2 Å². The molecule has 0 radical (unpaired) electrons. The van der Waals surface area contributed by atoms with Crippen molar-refractivity contribution in [1.82, 2.24) is 25.2 Å². The Hall–Kier alpha value is -2.98. The van der Waals surface area contributed by atoms with E-state index in [9.17, 15) is 4.79 Å². The number of benzene rings is 1. The predicted octanol–water partition coefficient (Wildman–Crippen LogP) is 5.21. The van der Waals surface area contributed by atoms with Crippen molar-refractivity contribution in [2.24, 2.45) is 5.92 Å². The highest BCUT2D eigenvalue weighted by atomic mass is 35.5. The van der Waals surface area contributed by atoms with Crippen molar-refractivity contribution < 1.29 is 14.3 Å². The molecule has 1 N–H and O–H groups in total. The highest BCUT2D eigenvalue weighted by Gasteiger charge is 2.24. The van der Waals surface area contributed by atoms with Crippen molar-refractivity contribution in [2.75, 3.05) is 45.2 Å². The molecule has 1 atom stereocenters. The van der Waals surface area contributed by atoms with Crippen molar-refractivity contribution >= 4 is 35.1 Å². The van der Waals surface area contributed by atoms with Gasteiger partial charge in [0.2, 0.25) is 11.8 Å². The summed E-state index contributed by atoms with van der Waals surface area (Å²) >= 11 is 12.6. The number of methoxy groups -OCH3 is 1. The summed E-state index contributed by atoms with van der Waals surface area (Å²) in [5.74, 6) is 1.86. The third-order valence-electron chi connectivity index (χ3n) is 7.53. The number of esters is 1. The molecule has 0 spiro atoms. The molecule has 40 heavy (non-hydrogen) atoms. The molecule has 9 nitrogen and oxygen atoms in total. The zero-order valence-corrected chi connectivity index (χ0v) is 24.3. The van der Waals surface area contributed by atoms with Crippen molar-refractivity contribution in [3.63, 3.8) is 0 Å². The molecule has 2 aromatic heterocycles. The summed E-state index contributed by atoms with van der Waals surface area (Å²) in [5, 5.41) is 4.39. The van der Waals surface area contributed by atoms with Crippen LogP contribution >= 0.6 is 23.2 Å². The maximum atomic E-state index is 11.7. The van der Waals surface area contributed by atoms with Crippen LogP contribution in [0.3, 0.4) is 0 Å². The molecule has 5 rings (SSSR count). The monoisotopic (exact) mass is 584 g/mol. The maximum absolute atomic E-state index is 11.7. The number of carbonyl (C=O) groups excluding carboxylic acids is 1. The third-order valence-corrected chi connectivity index (χ3v) is 7.97. The van der Waals surface area contributed by atoms with Crippen LogP contribution < -0.4 is 15.0 Å². The van der Waals surface area contributed by atoms with Gasteiger partial charge in [-0.3, -0.25) is 9.69 Å². The molecule has 212 valence electrons. The second-order valence-corrected chi connectivity index (χ2v) is 11.3. The van der Waals surface area contributed by atoms with Gasteiger partial charge in [-0.25, -0.2) is 15.0 Å². The predicted molar refractivity (Wildman–Crippen MR) is 156 cm³/mol. The Morgan fingerprint density at radius 2 is 1.75 bits per heavy atom. The van der Waals surface area contributed by atoms with Gasteiger partial charge in [-0.15, -0.1) is 0 Å². The number of aromatic nitrogens is 3. The van der Waals surface area contributed by atoms with Crippen molar-refractivity contribution in [3.8, 4) is 22.9 Å². The van der Waals surface area contributed by atoms with Crippen molar-refractivity contribution in [3.05, 3.63) is 58.3 Å². The van der Waals surface area contributed by atoms with E-state index in [1.165, 1.54) is 7.11 Å². The Labute approximate surface area is 244 Å². The Bertz CT molecular complexity index is 1300. The molecule has 4 heterocycles. The number of pyridine rings is 1. The quantitative estimate of drug-likeness (QED) is 0.340. The second-order valence-electron chi connectivity index (χ2n) is 10.4. The second kappa shape index (κ2) is 13.1. The summed E-state index contributed by atoms with van der Waals surface area (Å²) in [5.41, 5.74) is 2.57. The van der Waals surface area contributed by atoms with Crippen LogP contribution in [0, 0.1) is 5.92 Å². The topological polar surface area (TPSA) is 92.7 Å². The molecule has 0 saturated carbocycles. The number of rotatable bonds is 9. The summed E-state index contributed by atoms with van der Waals surface area (Å²) < 4.78 is 11.0. The molecule has 1 aromatic carbocycles. The minimum Gasteiger partial charge on any atom is -0.469 e. The normalized spacial score (nSPS) is 18.2. The van der Waals surface area contributed by atoms with E-state index < -0.39 is 0 Å². The van der Waals surface area contributed by atoms with E-state index in [0.29, 0.717) is 51.7 Å². The lowest BCUT2D eigenvalue weighted by atomic mass is 9.93. The zero-order chi connectivity index (χ0) is 28.1. The van der Waals surface area contributed by atoms with Crippen LogP contribution in [0.1, 0.15) is 31.2 Å². The van der Waals surface area contributed by atoms with Gasteiger partial charge >= 0.3 is 5.97 Å². The first-order chi connectivity index (χ1) is 19.4. The Kier molecular flexibility index (Phi) is 9.36. The highest BCUT2D eigenvalue weighted by Crippen LogP contribution is 2.31. The van der Waals surface area contributed by atoms with E-state index in [4.69, 9.17) is 37.7 Å². The average molecular weight is 586 g/mol. The van der Waals surface area contributed by atoms with Crippen LogP contribution in [0.25, 0.3) is 11.3 Å². The lowest BCUT2D eigenvalue weighted by molar-refractivity contribution is -0.142. The standard InChI is InChI=1S/C29H34Cl2N6O3/c1-32-24-5-8-37(18-24)29-33-15-25(16-34-29)40-27-10-20(9-26(35-27)21-12-22(30)14-23(31)13-21)17-36-6-3-19(4-7-36)11-28(38)39-2/h9-10,12-16,19,24,32H,3-8,11,17-18H2,1-2H3/t24-/m1/s1. The van der Waals surface area contributed by atoms with E-state index in [1.807, 2.05) is 31.3 Å². The number of anilines is 1. The average Bonchev–Trinajstić information content (AvgIpc) is 3.43. The van der Waals surface area contributed by atoms with E-state index in [2.05, 4.69) is 25.1 Å². The number of carbonyl (C=O) groups is 1. The molecule has 0 amide bonds. The Balaban J connectivity index is 1.33. The highest BCUT2D eigenvalue weighted by molar-refractivity contribution is 6.35. The van der Waals surface area contributed by atoms with E-state index in [-0.39, 0.29) is 5.97 Å². The summed E-state index contributed by atoms with van der Waals surface area (Å²) in [6.45, 7) is 4.33. The largest absolute Gasteiger partial charge is 0.469 e. The van der Waals surface area contributed by atoms with Gasteiger partial charge in [0.05, 0.1) is 25.2 Å². The molecule has 3 aromatic rings. The number of nitrogens with one attached hydrogen (secondary N) is 1. The molecular formula is C29H34Cl2N6O3. The number of likely N-dealkylation sites (tertiary alicyclic amines) is 1. The third kappa shape index (κ3) is 7.40. The Morgan fingerprint density at radius 1 is 1.02 bits per heavy atom. The van der Waals surface area contributed by atoms with E-state index in [1.54, 1.807) is 18.5 Å². The van der Waals surface area contributed by atoms with Gasteiger partial charge in [0.25, 0.3) is 0 Å². The first-order valence-electron chi connectivity index (χ1n) is 13.6. The molecule has 2 aliphatic rings. The summed E-state index contributed by atoms with van der Waals surface area (Å²) in [4.78, 5) is 30.1. The number of hydrogen-bond acceptors (Lipinski definition) is 9. The summed E-state index contributed by atoms with van der Waals surface area (Å²) in [6.07, 6.45) is 6.82. The number of likely N-dealkylation sites (N-methyl/N-ethyl adjacent to an activating group) is 1. The summed E-state index contributed by atoms with van der Waals surface area (Å²) in [7, 11) is 3.42. The molecule has 0 unspecified atom stereocenters. The fourth-order valence-corrected chi connectivity index (χ4v) is 5.83. The first kappa shape index (κ1) is 28.5. The van der Waals surface area contributed by atoms with E-state index in [0.717, 1.165) is 63.1 Å². The molecule has 2 aliphatic heterocycles. The molecule has 2 fully saturated rings. The Morgan fingerprint density at radius 3 is 2.40 bits per heavy atom. The van der Waals surface area contributed by atoms with Crippen LogP contribution in [0.4, 0.5) is 5.95 Å². The lowest BCUT2D eigenvalue weighted by Gasteiger charge is -2.31.